The standard InChI is InChI=1S/C22H20F4N6O.ClH/c1-33-17-9-14(23)8-12-2-4-16(28-19(12)17)21-30-29-18-5-3-13(10-32(18)21)20(22(24,25)26)31-7-6-15(27)11-31;/h2-5,8-10,15,20H,6-7,11,27H2,1H3;1H/t15?,20-;/m1./s1. The molecule has 0 saturated carbocycles. The van der Waals surface area contributed by atoms with Gasteiger partial charge in [-0.2, -0.15) is 13.2 Å². The zero-order chi connectivity index (χ0) is 23.3. The quantitative estimate of drug-likeness (QED) is 0.427. The molecule has 1 fully saturated rings. The number of hydrogen-bond acceptors (Lipinski definition) is 6. The Bertz CT molecular complexity index is 1340. The number of fused-ring (bicyclic) bond motifs is 2. The Balaban J connectivity index is 0.00000274. The van der Waals surface area contributed by atoms with Gasteiger partial charge in [0.1, 0.15) is 28.8 Å². The Morgan fingerprint density at radius 2 is 1.94 bits per heavy atom. The highest BCUT2D eigenvalue weighted by Gasteiger charge is 2.46. The molecule has 0 amide bonds. The lowest BCUT2D eigenvalue weighted by Gasteiger charge is -2.30. The van der Waals surface area contributed by atoms with Gasteiger partial charge >= 0.3 is 6.18 Å². The van der Waals surface area contributed by atoms with Gasteiger partial charge in [0.05, 0.1) is 7.11 Å². The number of pyridine rings is 2. The summed E-state index contributed by atoms with van der Waals surface area (Å²) in [4.78, 5) is 5.88. The molecule has 1 aromatic carbocycles. The lowest BCUT2D eigenvalue weighted by atomic mass is 10.1. The number of methoxy groups -OCH3 is 1. The van der Waals surface area contributed by atoms with Gasteiger partial charge < -0.3 is 10.5 Å². The molecule has 180 valence electrons. The Kier molecular flexibility index (Phi) is 6.36. The lowest BCUT2D eigenvalue weighted by molar-refractivity contribution is -0.183. The van der Waals surface area contributed by atoms with Gasteiger partial charge in [0, 0.05) is 36.8 Å². The molecule has 0 aliphatic carbocycles. The fourth-order valence-electron chi connectivity index (χ4n) is 4.35. The summed E-state index contributed by atoms with van der Waals surface area (Å²) in [6.45, 7) is 0.431. The van der Waals surface area contributed by atoms with Crippen LogP contribution in [0.4, 0.5) is 17.6 Å². The molecule has 4 aromatic rings. The topological polar surface area (TPSA) is 81.6 Å². The molecule has 1 aliphatic rings. The van der Waals surface area contributed by atoms with Crippen molar-refractivity contribution < 1.29 is 22.3 Å². The van der Waals surface area contributed by atoms with Crippen molar-refractivity contribution in [3.8, 4) is 17.3 Å². The molecule has 34 heavy (non-hydrogen) atoms. The number of alkyl halides is 3. The van der Waals surface area contributed by atoms with E-state index in [-0.39, 0.29) is 48.7 Å². The van der Waals surface area contributed by atoms with Crippen molar-refractivity contribution in [2.45, 2.75) is 24.7 Å². The van der Waals surface area contributed by atoms with Crippen molar-refractivity contribution in [3.05, 3.63) is 54.0 Å². The van der Waals surface area contributed by atoms with E-state index >= 15 is 0 Å². The van der Waals surface area contributed by atoms with Crippen LogP contribution in [0.2, 0.25) is 0 Å². The van der Waals surface area contributed by atoms with E-state index in [2.05, 4.69) is 15.2 Å². The second-order valence-corrected chi connectivity index (χ2v) is 8.08. The predicted octanol–water partition coefficient (Wildman–Crippen LogP) is 4.15. The van der Waals surface area contributed by atoms with Crippen molar-refractivity contribution in [2.75, 3.05) is 20.2 Å². The lowest BCUT2D eigenvalue weighted by Crippen LogP contribution is -2.38. The van der Waals surface area contributed by atoms with Crippen molar-refractivity contribution >= 4 is 29.0 Å². The first-order chi connectivity index (χ1) is 15.7. The molecule has 1 unspecified atom stereocenters. The third kappa shape index (κ3) is 4.26. The third-order valence-corrected chi connectivity index (χ3v) is 5.84. The summed E-state index contributed by atoms with van der Waals surface area (Å²) in [7, 11) is 1.41. The van der Waals surface area contributed by atoms with Crippen LogP contribution >= 0.6 is 12.4 Å². The minimum absolute atomic E-state index is 0. The number of rotatable bonds is 4. The van der Waals surface area contributed by atoms with Crippen molar-refractivity contribution in [1.29, 1.82) is 0 Å². The minimum atomic E-state index is -4.48. The van der Waals surface area contributed by atoms with E-state index in [1.165, 1.54) is 46.9 Å². The summed E-state index contributed by atoms with van der Waals surface area (Å²) in [6, 6.07) is 6.64. The van der Waals surface area contributed by atoms with Crippen LogP contribution in [0.1, 0.15) is 18.0 Å². The Morgan fingerprint density at radius 3 is 2.62 bits per heavy atom. The second-order valence-electron chi connectivity index (χ2n) is 8.08. The summed E-state index contributed by atoms with van der Waals surface area (Å²) >= 11 is 0. The largest absolute Gasteiger partial charge is 0.494 e. The van der Waals surface area contributed by atoms with E-state index in [1.807, 2.05) is 0 Å². The number of aromatic nitrogens is 4. The zero-order valence-electron chi connectivity index (χ0n) is 18.0. The van der Waals surface area contributed by atoms with E-state index in [1.54, 1.807) is 12.1 Å². The molecule has 0 spiro atoms. The summed E-state index contributed by atoms with van der Waals surface area (Å²) < 4.78 is 62.6. The van der Waals surface area contributed by atoms with E-state index in [4.69, 9.17) is 10.5 Å². The molecule has 1 saturated heterocycles. The van der Waals surface area contributed by atoms with Gasteiger partial charge in [0.15, 0.2) is 11.5 Å². The minimum Gasteiger partial charge on any atom is -0.494 e. The maximum Gasteiger partial charge on any atom is 0.408 e. The van der Waals surface area contributed by atoms with E-state index in [0.717, 1.165) is 0 Å². The molecule has 12 heteroatoms. The monoisotopic (exact) mass is 496 g/mol. The smallest absolute Gasteiger partial charge is 0.408 e. The van der Waals surface area contributed by atoms with Crippen LogP contribution in [0.25, 0.3) is 28.1 Å². The van der Waals surface area contributed by atoms with E-state index in [9.17, 15) is 17.6 Å². The molecule has 4 heterocycles. The van der Waals surface area contributed by atoms with Gasteiger partial charge in [-0.3, -0.25) is 9.30 Å². The highest BCUT2D eigenvalue weighted by molar-refractivity contribution is 5.86. The van der Waals surface area contributed by atoms with Gasteiger partial charge in [0.25, 0.3) is 0 Å². The SMILES string of the molecule is COc1cc(F)cc2ccc(-c3nnc4ccc([C@@H](N5CCC(N)C5)C(F)(F)F)cn34)nc12.Cl. The van der Waals surface area contributed by atoms with Gasteiger partial charge in [-0.1, -0.05) is 12.1 Å². The summed E-state index contributed by atoms with van der Waals surface area (Å²) in [5.41, 5.74) is 7.07. The molecule has 7 nitrogen and oxygen atoms in total. The molecule has 3 aromatic heterocycles. The van der Waals surface area contributed by atoms with Crippen LogP contribution in [-0.4, -0.2) is 56.9 Å². The summed E-state index contributed by atoms with van der Waals surface area (Å²) in [5, 5.41) is 8.73. The normalized spacial score (nSPS) is 17.8. The van der Waals surface area contributed by atoms with Crippen LogP contribution in [0.3, 0.4) is 0 Å². The molecule has 2 N–H and O–H groups in total. The molecular formula is C22H21ClF4N6O. The fourth-order valence-corrected chi connectivity index (χ4v) is 4.35. The summed E-state index contributed by atoms with van der Waals surface area (Å²) in [6.07, 6.45) is -2.58. The van der Waals surface area contributed by atoms with Gasteiger partial charge in [0.2, 0.25) is 0 Å². The highest BCUT2D eigenvalue weighted by Crippen LogP contribution is 2.39. The van der Waals surface area contributed by atoms with Gasteiger partial charge in [-0.05, 0) is 30.2 Å². The molecule has 0 bridgehead atoms. The van der Waals surface area contributed by atoms with Crippen LogP contribution in [0, 0.1) is 5.82 Å². The van der Waals surface area contributed by atoms with E-state index < -0.39 is 18.0 Å². The number of halogens is 5. The van der Waals surface area contributed by atoms with Crippen LogP contribution in [0.15, 0.2) is 42.6 Å². The average molecular weight is 497 g/mol. The third-order valence-electron chi connectivity index (χ3n) is 5.84. The maximum atomic E-state index is 14.0. The van der Waals surface area contributed by atoms with Gasteiger partial charge in [-0.25, -0.2) is 9.37 Å². The number of nitrogens with two attached hydrogens (primary N) is 1. The first-order valence-corrected chi connectivity index (χ1v) is 10.3. The number of hydrogen-bond donors (Lipinski definition) is 1. The Morgan fingerprint density at radius 1 is 1.15 bits per heavy atom. The maximum absolute atomic E-state index is 14.0. The van der Waals surface area contributed by atoms with Crippen molar-refractivity contribution in [2.24, 2.45) is 5.73 Å². The Hall–Kier alpha value is -3.02. The average Bonchev–Trinajstić information content (AvgIpc) is 3.38. The number of nitrogens with zero attached hydrogens (tertiary/aromatic N) is 5. The molecule has 2 atom stereocenters. The molecule has 5 rings (SSSR count). The van der Waals surface area contributed by atoms with Crippen LogP contribution in [-0.2, 0) is 0 Å². The highest BCUT2D eigenvalue weighted by atomic mass is 35.5. The number of ether oxygens (including phenoxy) is 1. The number of likely N-dealkylation sites (tertiary alicyclic amines) is 1. The summed E-state index contributed by atoms with van der Waals surface area (Å²) in [5.74, 6) is 0.0364. The van der Waals surface area contributed by atoms with Crippen LogP contribution < -0.4 is 10.5 Å². The van der Waals surface area contributed by atoms with Crippen molar-refractivity contribution in [1.82, 2.24) is 24.5 Å². The first kappa shape index (κ1) is 24.1. The fraction of sp³-hybridized carbons (Fsp3) is 0.318. The first-order valence-electron chi connectivity index (χ1n) is 10.3. The molecular weight excluding hydrogens is 476 g/mol. The van der Waals surface area contributed by atoms with E-state index in [0.29, 0.717) is 28.7 Å². The van der Waals surface area contributed by atoms with Crippen LogP contribution in [0.5, 0.6) is 5.75 Å². The zero-order valence-corrected chi connectivity index (χ0v) is 18.8. The number of benzene rings is 1. The predicted molar refractivity (Wildman–Crippen MR) is 120 cm³/mol. The van der Waals surface area contributed by atoms with Crippen molar-refractivity contribution in [3.63, 3.8) is 0 Å². The Labute approximate surface area is 197 Å². The van der Waals surface area contributed by atoms with Gasteiger partial charge in [-0.15, -0.1) is 22.6 Å². The molecule has 0 radical (unpaired) electrons. The second kappa shape index (κ2) is 8.97. The molecule has 1 aliphatic heterocycles.